The maximum atomic E-state index is 11.6. The summed E-state index contributed by atoms with van der Waals surface area (Å²) in [5.41, 5.74) is 8.03. The lowest BCUT2D eigenvalue weighted by molar-refractivity contribution is -0.146. The molecule has 144 valence electrons. The maximum absolute atomic E-state index is 11.6. The number of nitrogens with one attached hydrogen (secondary N) is 2. The zero-order chi connectivity index (χ0) is 18.5. The average molecular weight is 390 g/mol. The zero-order valence-electron chi connectivity index (χ0n) is 15.1. The Balaban J connectivity index is 0.00000261. The molecule has 4 N–H and O–H groups in total. The maximum Gasteiger partial charge on any atom is 0.308 e. The number of carbonyl (C=O) groups is 1. The third-order valence-corrected chi connectivity index (χ3v) is 4.78. The first-order valence-corrected chi connectivity index (χ1v) is 8.68. The Labute approximate surface area is 164 Å². The van der Waals surface area contributed by atoms with Crippen LogP contribution in [0.1, 0.15) is 31.2 Å². The van der Waals surface area contributed by atoms with Gasteiger partial charge in [-0.05, 0) is 31.2 Å². The summed E-state index contributed by atoms with van der Waals surface area (Å²) >= 11 is 0. The fraction of sp³-hybridized carbons (Fsp3) is 0.368. The monoisotopic (exact) mass is 389 g/mol. The van der Waals surface area contributed by atoms with E-state index in [4.69, 9.17) is 15.9 Å². The van der Waals surface area contributed by atoms with Gasteiger partial charge in [0, 0.05) is 29.6 Å². The summed E-state index contributed by atoms with van der Waals surface area (Å²) in [7, 11) is 1.44. The predicted molar refractivity (Wildman–Crippen MR) is 107 cm³/mol. The van der Waals surface area contributed by atoms with E-state index < -0.39 is 0 Å². The first-order valence-electron chi connectivity index (χ1n) is 8.68. The van der Waals surface area contributed by atoms with Crippen molar-refractivity contribution in [3.8, 4) is 11.1 Å². The molecular formula is C19H24ClN5O2. The summed E-state index contributed by atoms with van der Waals surface area (Å²) in [5, 5.41) is 10.8. The topological polar surface area (TPSA) is 114 Å². The fourth-order valence-corrected chi connectivity index (χ4v) is 3.22. The number of rotatable bonds is 5. The highest BCUT2D eigenvalue weighted by Gasteiger charge is 2.27. The Morgan fingerprint density at radius 1 is 1.11 bits per heavy atom. The van der Waals surface area contributed by atoms with E-state index in [0.29, 0.717) is 11.5 Å². The van der Waals surface area contributed by atoms with E-state index in [2.05, 4.69) is 15.3 Å². The molecule has 0 radical (unpaired) electrons. The molecule has 1 aliphatic carbocycles. The highest BCUT2D eigenvalue weighted by atomic mass is 35.5. The van der Waals surface area contributed by atoms with Crippen LogP contribution in [0.15, 0.2) is 36.7 Å². The molecule has 0 saturated heterocycles. The van der Waals surface area contributed by atoms with Gasteiger partial charge in [-0.1, -0.05) is 24.3 Å². The minimum absolute atomic E-state index is 0. The summed E-state index contributed by atoms with van der Waals surface area (Å²) in [6, 6.07) is 7.69. The lowest BCUT2D eigenvalue weighted by Crippen LogP contribution is -2.30. The number of nitrogens with two attached hydrogens (primary N) is 1. The van der Waals surface area contributed by atoms with Crippen LogP contribution in [0.4, 0.5) is 5.95 Å². The molecule has 1 saturated carbocycles. The van der Waals surface area contributed by atoms with Crippen LogP contribution in [0.3, 0.4) is 0 Å². The van der Waals surface area contributed by atoms with Crippen LogP contribution < -0.4 is 11.1 Å². The zero-order valence-corrected chi connectivity index (χ0v) is 16.0. The molecule has 1 fully saturated rings. The third-order valence-electron chi connectivity index (χ3n) is 4.78. The van der Waals surface area contributed by atoms with E-state index in [0.717, 1.165) is 36.8 Å². The summed E-state index contributed by atoms with van der Waals surface area (Å²) in [4.78, 5) is 20.4. The third kappa shape index (κ3) is 5.17. The number of benzene rings is 1. The highest BCUT2D eigenvalue weighted by molar-refractivity contribution is 5.95. The Morgan fingerprint density at radius 2 is 1.70 bits per heavy atom. The van der Waals surface area contributed by atoms with Crippen LogP contribution in [-0.2, 0) is 9.53 Å². The average Bonchev–Trinajstić information content (AvgIpc) is 2.68. The van der Waals surface area contributed by atoms with Crippen molar-refractivity contribution in [3.05, 3.63) is 42.2 Å². The molecule has 0 unspecified atom stereocenters. The molecular weight excluding hydrogens is 366 g/mol. The molecule has 1 aromatic carbocycles. The molecule has 8 heteroatoms. The largest absolute Gasteiger partial charge is 0.469 e. The number of anilines is 1. The molecule has 0 amide bonds. The van der Waals surface area contributed by atoms with Gasteiger partial charge in [0.2, 0.25) is 5.95 Å². The van der Waals surface area contributed by atoms with Gasteiger partial charge in [0.05, 0.1) is 13.0 Å². The van der Waals surface area contributed by atoms with E-state index in [1.54, 1.807) is 12.4 Å². The van der Waals surface area contributed by atoms with E-state index in [1.807, 2.05) is 24.3 Å². The van der Waals surface area contributed by atoms with E-state index >= 15 is 0 Å². The summed E-state index contributed by atoms with van der Waals surface area (Å²) in [5.74, 6) is 0.545. The minimum Gasteiger partial charge on any atom is -0.469 e. The molecule has 0 spiro atoms. The number of nitrogen functional groups attached to an aromatic ring is 1. The second kappa shape index (κ2) is 9.32. The van der Waals surface area contributed by atoms with E-state index in [-0.39, 0.29) is 36.2 Å². The van der Waals surface area contributed by atoms with E-state index in [1.165, 1.54) is 7.11 Å². The normalized spacial score (nSPS) is 18.9. The molecule has 1 heterocycles. The molecule has 0 atom stereocenters. The lowest BCUT2D eigenvalue weighted by atomic mass is 9.86. The molecule has 7 nitrogen and oxygen atoms in total. The fourth-order valence-electron chi connectivity index (χ4n) is 3.22. The number of methoxy groups -OCH3 is 1. The number of hydrogen-bond acceptors (Lipinski definition) is 6. The minimum atomic E-state index is -0.111. The molecule has 2 aromatic rings. The standard InChI is InChI=1S/C19H23N5O2.ClH/c1-26-18(25)14-6-8-16(9-7-14)24-19-22-10-15(11-23-19)12-2-4-13(5-3-12)17(20)21;/h2-5,10-11,14,16H,6-9H2,1H3,(H3,20,21)(H,22,23,24);1H. The molecule has 0 aliphatic heterocycles. The van der Waals surface area contributed by atoms with Crippen LogP contribution in [0, 0.1) is 11.3 Å². The second-order valence-electron chi connectivity index (χ2n) is 6.50. The molecule has 0 bridgehead atoms. The Morgan fingerprint density at radius 3 is 2.22 bits per heavy atom. The Bertz CT molecular complexity index is 772. The van der Waals surface area contributed by atoms with Gasteiger partial charge in [-0.15, -0.1) is 12.4 Å². The molecule has 27 heavy (non-hydrogen) atoms. The molecule has 3 rings (SSSR count). The van der Waals surface area contributed by atoms with Crippen LogP contribution in [-0.4, -0.2) is 34.9 Å². The molecule has 1 aliphatic rings. The Hall–Kier alpha value is -2.67. The summed E-state index contributed by atoms with van der Waals surface area (Å²) in [6.07, 6.45) is 7.00. The smallest absolute Gasteiger partial charge is 0.308 e. The summed E-state index contributed by atoms with van der Waals surface area (Å²) < 4.78 is 4.82. The van der Waals surface area contributed by atoms with Crippen LogP contribution >= 0.6 is 12.4 Å². The van der Waals surface area contributed by atoms with Crippen molar-refractivity contribution >= 4 is 30.2 Å². The van der Waals surface area contributed by atoms with Gasteiger partial charge in [-0.2, -0.15) is 0 Å². The SMILES string of the molecule is COC(=O)C1CCC(Nc2ncc(-c3ccc(C(=N)N)cc3)cn2)CC1.Cl. The Kier molecular flexibility index (Phi) is 7.12. The van der Waals surface area contributed by atoms with Gasteiger partial charge in [-0.25, -0.2) is 9.97 Å². The van der Waals surface area contributed by atoms with Crippen molar-refractivity contribution in [2.45, 2.75) is 31.7 Å². The first kappa shape index (κ1) is 20.6. The number of esters is 1. The number of carbonyl (C=O) groups excluding carboxylic acids is 1. The highest BCUT2D eigenvalue weighted by Crippen LogP contribution is 2.27. The van der Waals surface area contributed by atoms with Crippen molar-refractivity contribution < 1.29 is 9.53 Å². The van der Waals surface area contributed by atoms with Crippen molar-refractivity contribution in [3.63, 3.8) is 0 Å². The van der Waals surface area contributed by atoms with Crippen molar-refractivity contribution in [1.82, 2.24) is 9.97 Å². The number of aromatic nitrogens is 2. The number of ether oxygens (including phenoxy) is 1. The molecule has 1 aromatic heterocycles. The lowest BCUT2D eigenvalue weighted by Gasteiger charge is -2.27. The second-order valence-corrected chi connectivity index (χ2v) is 6.50. The van der Waals surface area contributed by atoms with Gasteiger partial charge in [0.15, 0.2) is 0 Å². The number of halogens is 1. The van der Waals surface area contributed by atoms with Gasteiger partial charge < -0.3 is 15.8 Å². The number of amidine groups is 1. The quantitative estimate of drug-likeness (QED) is 0.411. The number of nitrogens with zero attached hydrogens (tertiary/aromatic N) is 2. The van der Waals surface area contributed by atoms with Gasteiger partial charge >= 0.3 is 5.97 Å². The van der Waals surface area contributed by atoms with Crippen molar-refractivity contribution in [2.24, 2.45) is 11.7 Å². The number of hydrogen-bond donors (Lipinski definition) is 3. The van der Waals surface area contributed by atoms with Crippen molar-refractivity contribution in [2.75, 3.05) is 12.4 Å². The van der Waals surface area contributed by atoms with Gasteiger partial charge in [0.25, 0.3) is 0 Å². The van der Waals surface area contributed by atoms with Gasteiger partial charge in [-0.3, -0.25) is 10.2 Å². The summed E-state index contributed by atoms with van der Waals surface area (Å²) in [6.45, 7) is 0. The predicted octanol–water partition coefficient (Wildman–Crippen LogP) is 2.99. The van der Waals surface area contributed by atoms with Crippen LogP contribution in [0.5, 0.6) is 0 Å². The van der Waals surface area contributed by atoms with Gasteiger partial charge in [0.1, 0.15) is 5.84 Å². The van der Waals surface area contributed by atoms with Crippen LogP contribution in [0.25, 0.3) is 11.1 Å². The van der Waals surface area contributed by atoms with Crippen LogP contribution in [0.2, 0.25) is 0 Å². The first-order chi connectivity index (χ1) is 12.6. The van der Waals surface area contributed by atoms with E-state index in [9.17, 15) is 4.79 Å². The van der Waals surface area contributed by atoms with Crippen molar-refractivity contribution in [1.29, 1.82) is 5.41 Å².